The van der Waals surface area contributed by atoms with Crippen molar-refractivity contribution >= 4 is 28.3 Å². The summed E-state index contributed by atoms with van der Waals surface area (Å²) in [6, 6.07) is 5.45. The molecule has 16 heavy (non-hydrogen) atoms. The molecule has 0 aliphatic carbocycles. The maximum absolute atomic E-state index is 13.5. The third-order valence-corrected chi connectivity index (χ3v) is 3.21. The molecule has 0 aromatic heterocycles. The molecular formula is C11H15BrClFN2. The molecule has 0 saturated carbocycles. The summed E-state index contributed by atoms with van der Waals surface area (Å²) in [7, 11) is 0. The van der Waals surface area contributed by atoms with E-state index in [-0.39, 0.29) is 24.3 Å². The maximum Gasteiger partial charge on any atom is 0.128 e. The summed E-state index contributed by atoms with van der Waals surface area (Å²) in [5, 5.41) is 0. The van der Waals surface area contributed by atoms with E-state index in [1.807, 2.05) is 12.1 Å². The van der Waals surface area contributed by atoms with Crippen LogP contribution in [-0.4, -0.2) is 24.0 Å². The van der Waals surface area contributed by atoms with Gasteiger partial charge in [-0.25, -0.2) is 4.39 Å². The van der Waals surface area contributed by atoms with Crippen molar-refractivity contribution in [3.63, 3.8) is 0 Å². The Morgan fingerprint density at radius 3 is 2.81 bits per heavy atom. The molecule has 0 bridgehead atoms. The second kappa shape index (κ2) is 5.96. The Bertz CT molecular complexity index is 362. The Hall–Kier alpha value is -0.160. The van der Waals surface area contributed by atoms with Gasteiger partial charge in [0, 0.05) is 35.7 Å². The van der Waals surface area contributed by atoms with Gasteiger partial charge < -0.3 is 5.73 Å². The average Bonchev–Trinajstić information content (AvgIpc) is 2.56. The molecule has 0 amide bonds. The quantitative estimate of drug-likeness (QED) is 0.910. The van der Waals surface area contributed by atoms with Gasteiger partial charge in [-0.15, -0.1) is 12.4 Å². The molecule has 2 rings (SSSR count). The van der Waals surface area contributed by atoms with Gasteiger partial charge in [-0.2, -0.15) is 0 Å². The number of halogens is 3. The van der Waals surface area contributed by atoms with Gasteiger partial charge in [0.1, 0.15) is 5.82 Å². The van der Waals surface area contributed by atoms with Crippen LogP contribution in [0.5, 0.6) is 0 Å². The highest BCUT2D eigenvalue weighted by molar-refractivity contribution is 9.10. The number of likely N-dealkylation sites (tertiary alicyclic amines) is 1. The molecular weight excluding hydrogens is 294 g/mol. The average molecular weight is 310 g/mol. The van der Waals surface area contributed by atoms with E-state index in [1.165, 1.54) is 6.07 Å². The lowest BCUT2D eigenvalue weighted by Crippen LogP contribution is -2.26. The first-order valence-electron chi connectivity index (χ1n) is 5.07. The second-order valence-electron chi connectivity index (χ2n) is 4.02. The van der Waals surface area contributed by atoms with E-state index in [1.54, 1.807) is 0 Å². The van der Waals surface area contributed by atoms with Crippen molar-refractivity contribution in [2.75, 3.05) is 13.1 Å². The van der Waals surface area contributed by atoms with Gasteiger partial charge in [-0.05, 0) is 18.6 Å². The Kier molecular flexibility index (Phi) is 5.18. The van der Waals surface area contributed by atoms with Gasteiger partial charge in [0.2, 0.25) is 0 Å². The lowest BCUT2D eigenvalue weighted by molar-refractivity contribution is 0.321. The topological polar surface area (TPSA) is 29.3 Å². The van der Waals surface area contributed by atoms with Gasteiger partial charge in [0.05, 0.1) is 0 Å². The molecule has 90 valence electrons. The molecule has 1 fully saturated rings. The summed E-state index contributed by atoms with van der Waals surface area (Å²) in [5.41, 5.74) is 6.54. The molecule has 1 aliphatic rings. The number of nitrogens with two attached hydrogens (primary N) is 1. The molecule has 0 spiro atoms. The number of hydrogen-bond donors (Lipinski definition) is 1. The smallest absolute Gasteiger partial charge is 0.128 e. The molecule has 1 atom stereocenters. The minimum atomic E-state index is -0.148. The van der Waals surface area contributed by atoms with Gasteiger partial charge in [-0.1, -0.05) is 22.0 Å². The van der Waals surface area contributed by atoms with Gasteiger partial charge in [0.25, 0.3) is 0 Å². The first-order valence-corrected chi connectivity index (χ1v) is 5.86. The zero-order valence-corrected chi connectivity index (χ0v) is 11.2. The Balaban J connectivity index is 0.00000128. The van der Waals surface area contributed by atoms with Crippen molar-refractivity contribution in [1.82, 2.24) is 4.90 Å². The van der Waals surface area contributed by atoms with Crippen LogP contribution in [0.3, 0.4) is 0 Å². The second-order valence-corrected chi connectivity index (χ2v) is 4.94. The van der Waals surface area contributed by atoms with Crippen molar-refractivity contribution in [3.05, 3.63) is 34.1 Å². The summed E-state index contributed by atoms with van der Waals surface area (Å²) < 4.78 is 14.3. The summed E-state index contributed by atoms with van der Waals surface area (Å²) in [5.74, 6) is -0.148. The monoisotopic (exact) mass is 308 g/mol. The van der Waals surface area contributed by atoms with Gasteiger partial charge in [-0.3, -0.25) is 4.90 Å². The predicted molar refractivity (Wildman–Crippen MR) is 69.2 cm³/mol. The van der Waals surface area contributed by atoms with E-state index in [0.717, 1.165) is 29.5 Å². The van der Waals surface area contributed by atoms with Gasteiger partial charge in [0.15, 0.2) is 0 Å². The van der Waals surface area contributed by atoms with Gasteiger partial charge >= 0.3 is 0 Å². The van der Waals surface area contributed by atoms with E-state index in [4.69, 9.17) is 5.73 Å². The number of rotatable bonds is 2. The van der Waals surface area contributed by atoms with Crippen LogP contribution in [0.25, 0.3) is 0 Å². The van der Waals surface area contributed by atoms with E-state index in [2.05, 4.69) is 20.8 Å². The minimum Gasteiger partial charge on any atom is -0.326 e. The highest BCUT2D eigenvalue weighted by Gasteiger charge is 2.19. The van der Waals surface area contributed by atoms with Crippen LogP contribution in [0, 0.1) is 5.82 Å². The molecule has 0 unspecified atom stereocenters. The Labute approximate surface area is 110 Å². The molecule has 1 saturated heterocycles. The fourth-order valence-corrected chi connectivity index (χ4v) is 2.23. The van der Waals surface area contributed by atoms with Crippen molar-refractivity contribution < 1.29 is 4.39 Å². The summed E-state index contributed by atoms with van der Waals surface area (Å²) in [6.45, 7) is 2.50. The normalized spacial score (nSPS) is 20.8. The van der Waals surface area contributed by atoms with Crippen LogP contribution >= 0.6 is 28.3 Å². The molecule has 2 nitrogen and oxygen atoms in total. The Morgan fingerprint density at radius 1 is 1.50 bits per heavy atom. The molecule has 1 aromatic rings. The number of hydrogen-bond acceptors (Lipinski definition) is 2. The number of benzene rings is 1. The van der Waals surface area contributed by atoms with Crippen LogP contribution in [0.2, 0.25) is 0 Å². The maximum atomic E-state index is 13.5. The lowest BCUT2D eigenvalue weighted by Gasteiger charge is -2.15. The van der Waals surface area contributed by atoms with Crippen molar-refractivity contribution in [2.24, 2.45) is 5.73 Å². The van der Waals surface area contributed by atoms with E-state index >= 15 is 0 Å². The van der Waals surface area contributed by atoms with Crippen LogP contribution in [0.1, 0.15) is 12.0 Å². The van der Waals surface area contributed by atoms with Crippen LogP contribution in [0.4, 0.5) is 4.39 Å². The molecule has 1 aliphatic heterocycles. The standard InChI is InChI=1S/C11H14BrFN2.ClH/c12-9-2-1-8(11(13)5-9)6-15-4-3-10(14)7-15;/h1-2,5,10H,3-4,6-7,14H2;1H/t10-;/m0./s1. The van der Waals surface area contributed by atoms with Crippen LogP contribution in [-0.2, 0) is 6.54 Å². The fourth-order valence-electron chi connectivity index (χ4n) is 1.90. The zero-order valence-electron chi connectivity index (χ0n) is 8.83. The predicted octanol–water partition coefficient (Wildman–Crippen LogP) is 2.54. The van der Waals surface area contributed by atoms with E-state index in [0.29, 0.717) is 6.54 Å². The third kappa shape index (κ3) is 3.42. The SMILES string of the molecule is Cl.N[C@H]1CCN(Cc2ccc(Br)cc2F)C1. The molecule has 1 heterocycles. The highest BCUT2D eigenvalue weighted by atomic mass is 79.9. The Morgan fingerprint density at radius 2 is 2.25 bits per heavy atom. The zero-order chi connectivity index (χ0) is 10.8. The van der Waals surface area contributed by atoms with Crippen LogP contribution < -0.4 is 5.73 Å². The molecule has 0 radical (unpaired) electrons. The first-order chi connectivity index (χ1) is 7.15. The molecule has 2 N–H and O–H groups in total. The lowest BCUT2D eigenvalue weighted by atomic mass is 10.2. The number of nitrogens with zero attached hydrogens (tertiary/aromatic N) is 1. The van der Waals surface area contributed by atoms with Crippen molar-refractivity contribution in [1.29, 1.82) is 0 Å². The molecule has 1 aromatic carbocycles. The van der Waals surface area contributed by atoms with Crippen LogP contribution in [0.15, 0.2) is 22.7 Å². The first kappa shape index (κ1) is 13.9. The van der Waals surface area contributed by atoms with Crippen molar-refractivity contribution in [2.45, 2.75) is 19.0 Å². The summed E-state index contributed by atoms with van der Waals surface area (Å²) >= 11 is 3.24. The minimum absolute atomic E-state index is 0. The van der Waals surface area contributed by atoms with E-state index < -0.39 is 0 Å². The van der Waals surface area contributed by atoms with Crippen molar-refractivity contribution in [3.8, 4) is 0 Å². The molecule has 5 heteroatoms. The largest absolute Gasteiger partial charge is 0.326 e. The summed E-state index contributed by atoms with van der Waals surface area (Å²) in [4.78, 5) is 2.19. The highest BCUT2D eigenvalue weighted by Crippen LogP contribution is 2.18. The fraction of sp³-hybridized carbons (Fsp3) is 0.455. The third-order valence-electron chi connectivity index (χ3n) is 2.72. The summed E-state index contributed by atoms with van der Waals surface area (Å²) in [6.07, 6.45) is 1.01. The van der Waals surface area contributed by atoms with E-state index in [9.17, 15) is 4.39 Å².